The monoisotopic (exact) mass is 415 g/mol. The minimum absolute atomic E-state index is 0.0378. The molecule has 7 heteroatoms. The fourth-order valence-corrected chi connectivity index (χ4v) is 8.68. The zero-order valence-electron chi connectivity index (χ0n) is 17.9. The summed E-state index contributed by atoms with van der Waals surface area (Å²) in [6.07, 6.45) is 11.1. The van der Waals surface area contributed by atoms with Crippen molar-refractivity contribution in [1.29, 1.82) is 0 Å². The van der Waals surface area contributed by atoms with Crippen LogP contribution in [0.3, 0.4) is 0 Å². The van der Waals surface area contributed by atoms with Crippen LogP contribution in [-0.2, 0) is 9.53 Å². The number of carboxylic acids is 1. The molecule has 1 aliphatic heterocycles. The molecule has 2 bridgehead atoms. The molecule has 3 fully saturated rings. The first-order chi connectivity index (χ1) is 14.4. The van der Waals surface area contributed by atoms with E-state index in [1.54, 1.807) is 14.2 Å². The van der Waals surface area contributed by atoms with Gasteiger partial charge in [-0.1, -0.05) is 12.5 Å². The largest absolute Gasteiger partial charge is 0.478 e. The molecular weight excluding hydrogens is 382 g/mol. The third-order valence-corrected chi connectivity index (χ3v) is 9.29. The molecule has 4 aliphatic carbocycles. The second-order valence-corrected chi connectivity index (χ2v) is 10.00. The summed E-state index contributed by atoms with van der Waals surface area (Å²) in [5.74, 6) is 0.197. The number of carbonyl (C=O) groups is 1. The third kappa shape index (κ3) is 2.13. The minimum atomic E-state index is -1.43. The first kappa shape index (κ1) is 20.1. The topological polar surface area (TPSA) is 108 Å². The Kier molecular flexibility index (Phi) is 4.39. The van der Waals surface area contributed by atoms with E-state index in [4.69, 9.17) is 10.5 Å². The van der Waals surface area contributed by atoms with E-state index in [1.165, 1.54) is 0 Å². The predicted octanol–water partition coefficient (Wildman–Crippen LogP) is 2.13. The number of allylic oxidation sites excluding steroid dienone is 2. The summed E-state index contributed by atoms with van der Waals surface area (Å²) in [6.45, 7) is 0.778. The second kappa shape index (κ2) is 6.57. The molecule has 3 saturated carbocycles. The fourth-order valence-electron chi connectivity index (χ4n) is 8.68. The standard InChI is InChI=1S/C23H33N3O4/c1-25-20(24)26-10-4-9-21(12-26)15-8-7-14-5-3-6-17-22(29,13-30-2)18(19(27)28)16(11-15)23(14,17)21/h4,10,14-15,17,29H,3,5-9,11-13H2,1-2H3,(H2,24,25)(H,27,28)/t14-,15-,17+,21-,22-,23+/m1/s1. The Bertz CT molecular complexity index is 867. The van der Waals surface area contributed by atoms with Crippen LogP contribution in [0.25, 0.3) is 0 Å². The van der Waals surface area contributed by atoms with E-state index in [2.05, 4.69) is 11.1 Å². The number of nitrogens with two attached hydrogens (primary N) is 1. The number of ether oxygens (including phenoxy) is 1. The number of aliphatic imine (C=N–C) groups is 1. The first-order valence-electron chi connectivity index (χ1n) is 11.2. The van der Waals surface area contributed by atoms with Gasteiger partial charge in [0.15, 0.2) is 5.96 Å². The van der Waals surface area contributed by atoms with Gasteiger partial charge in [-0.3, -0.25) is 4.99 Å². The van der Waals surface area contributed by atoms with Gasteiger partial charge in [0.25, 0.3) is 0 Å². The van der Waals surface area contributed by atoms with Gasteiger partial charge in [0.1, 0.15) is 5.60 Å². The highest BCUT2D eigenvalue weighted by molar-refractivity contribution is 5.92. The van der Waals surface area contributed by atoms with E-state index in [9.17, 15) is 15.0 Å². The SMILES string of the molecule is CN=C(N)N1C=CC[C@@]2(C1)[C@@H]1CC[C@H]3CCC[C@@H]4[C@@]32C(=C(C(=O)O)[C@@]4(O)COC)C1. The van der Waals surface area contributed by atoms with Crippen molar-refractivity contribution in [2.24, 2.45) is 39.3 Å². The third-order valence-electron chi connectivity index (χ3n) is 9.29. The molecular formula is C23H33N3O4. The maximum Gasteiger partial charge on any atom is 0.334 e. The van der Waals surface area contributed by atoms with Crippen LogP contribution in [0.5, 0.6) is 0 Å². The molecule has 0 aromatic heterocycles. The van der Waals surface area contributed by atoms with Crippen LogP contribution in [0.4, 0.5) is 0 Å². The van der Waals surface area contributed by atoms with Crippen LogP contribution >= 0.6 is 0 Å². The molecule has 1 heterocycles. The lowest BCUT2D eigenvalue weighted by atomic mass is 9.42. The number of hydrogen-bond acceptors (Lipinski definition) is 4. The summed E-state index contributed by atoms with van der Waals surface area (Å²) in [5.41, 5.74) is 5.63. The van der Waals surface area contributed by atoms with Crippen molar-refractivity contribution in [2.75, 3.05) is 27.3 Å². The van der Waals surface area contributed by atoms with E-state index in [0.29, 0.717) is 17.8 Å². The van der Waals surface area contributed by atoms with Gasteiger partial charge in [-0.15, -0.1) is 0 Å². The molecule has 5 rings (SSSR count). The molecule has 0 radical (unpaired) electrons. The van der Waals surface area contributed by atoms with Gasteiger partial charge >= 0.3 is 5.97 Å². The lowest BCUT2D eigenvalue weighted by molar-refractivity contribution is -0.168. The van der Waals surface area contributed by atoms with E-state index in [-0.39, 0.29) is 28.9 Å². The Balaban J connectivity index is 1.76. The van der Waals surface area contributed by atoms with E-state index in [0.717, 1.165) is 57.1 Å². The highest BCUT2D eigenvalue weighted by atomic mass is 16.5. The average molecular weight is 416 g/mol. The summed E-state index contributed by atoms with van der Waals surface area (Å²) >= 11 is 0. The van der Waals surface area contributed by atoms with Crippen LogP contribution in [0.15, 0.2) is 28.4 Å². The number of methoxy groups -OCH3 is 1. The van der Waals surface area contributed by atoms with Gasteiger partial charge in [-0.25, -0.2) is 4.79 Å². The van der Waals surface area contributed by atoms with Crippen molar-refractivity contribution in [1.82, 2.24) is 4.90 Å². The molecule has 0 amide bonds. The summed E-state index contributed by atoms with van der Waals surface area (Å²) in [7, 11) is 3.25. The van der Waals surface area contributed by atoms with Gasteiger partial charge in [-0.05, 0) is 55.9 Å². The smallest absolute Gasteiger partial charge is 0.334 e. The molecule has 2 spiro atoms. The summed E-state index contributed by atoms with van der Waals surface area (Å²) in [5, 5.41) is 22.2. The number of rotatable bonds is 3. The quantitative estimate of drug-likeness (QED) is 0.481. The van der Waals surface area contributed by atoms with Crippen LogP contribution in [0.1, 0.15) is 44.9 Å². The molecule has 6 atom stereocenters. The van der Waals surface area contributed by atoms with Crippen LogP contribution < -0.4 is 5.73 Å². The Hall–Kier alpha value is -1.86. The minimum Gasteiger partial charge on any atom is -0.478 e. The van der Waals surface area contributed by atoms with Gasteiger partial charge in [0, 0.05) is 43.7 Å². The predicted molar refractivity (Wildman–Crippen MR) is 113 cm³/mol. The van der Waals surface area contributed by atoms with Crippen molar-refractivity contribution in [2.45, 2.75) is 50.5 Å². The summed E-state index contributed by atoms with van der Waals surface area (Å²) in [6, 6.07) is 0. The van der Waals surface area contributed by atoms with Gasteiger partial charge in [0.2, 0.25) is 0 Å². The van der Waals surface area contributed by atoms with Crippen molar-refractivity contribution in [3.8, 4) is 0 Å². The second-order valence-electron chi connectivity index (χ2n) is 10.00. The molecule has 0 unspecified atom stereocenters. The van der Waals surface area contributed by atoms with E-state index < -0.39 is 11.6 Å². The Morgan fingerprint density at radius 2 is 2.10 bits per heavy atom. The number of guanidine groups is 1. The molecule has 164 valence electrons. The van der Waals surface area contributed by atoms with Gasteiger partial charge < -0.3 is 25.6 Å². The van der Waals surface area contributed by atoms with Crippen molar-refractivity contribution < 1.29 is 19.7 Å². The highest BCUT2D eigenvalue weighted by Crippen LogP contribution is 2.80. The van der Waals surface area contributed by atoms with Crippen molar-refractivity contribution >= 4 is 11.9 Å². The summed E-state index contributed by atoms with van der Waals surface area (Å²) < 4.78 is 5.44. The molecule has 0 aromatic rings. The molecule has 30 heavy (non-hydrogen) atoms. The maximum atomic E-state index is 12.6. The average Bonchev–Trinajstić information content (AvgIpc) is 3.00. The molecule has 0 saturated heterocycles. The number of nitrogens with zero attached hydrogens (tertiary/aromatic N) is 2. The Labute approximate surface area is 177 Å². The fraction of sp³-hybridized carbons (Fsp3) is 0.739. The number of carboxylic acid groups (broad SMARTS) is 1. The molecule has 4 N–H and O–H groups in total. The van der Waals surface area contributed by atoms with Crippen molar-refractivity contribution in [3.05, 3.63) is 23.4 Å². The normalized spacial score (nSPS) is 44.7. The number of aliphatic hydroxyl groups is 1. The maximum absolute atomic E-state index is 12.6. The zero-order chi connectivity index (χ0) is 21.3. The van der Waals surface area contributed by atoms with Crippen LogP contribution in [-0.4, -0.2) is 60.0 Å². The van der Waals surface area contributed by atoms with E-state index in [1.807, 2.05) is 11.1 Å². The first-order valence-corrected chi connectivity index (χ1v) is 11.2. The van der Waals surface area contributed by atoms with Crippen molar-refractivity contribution in [3.63, 3.8) is 0 Å². The van der Waals surface area contributed by atoms with Gasteiger partial charge in [0.05, 0.1) is 12.2 Å². The highest BCUT2D eigenvalue weighted by Gasteiger charge is 2.78. The molecule has 5 aliphatic rings. The zero-order valence-corrected chi connectivity index (χ0v) is 17.9. The Morgan fingerprint density at radius 3 is 2.80 bits per heavy atom. The molecule has 0 aromatic carbocycles. The molecule has 7 nitrogen and oxygen atoms in total. The van der Waals surface area contributed by atoms with Gasteiger partial charge in [-0.2, -0.15) is 0 Å². The van der Waals surface area contributed by atoms with E-state index >= 15 is 0 Å². The Morgan fingerprint density at radius 1 is 1.33 bits per heavy atom. The summed E-state index contributed by atoms with van der Waals surface area (Å²) in [4.78, 5) is 18.8. The number of hydrogen-bond donors (Lipinski definition) is 3. The van der Waals surface area contributed by atoms with Crippen LogP contribution in [0.2, 0.25) is 0 Å². The lowest BCUT2D eigenvalue weighted by Crippen LogP contribution is -2.63. The number of aliphatic carboxylic acids is 1. The lowest BCUT2D eigenvalue weighted by Gasteiger charge is -2.63. The van der Waals surface area contributed by atoms with Crippen LogP contribution in [0, 0.1) is 28.6 Å².